The summed E-state index contributed by atoms with van der Waals surface area (Å²) in [5.41, 5.74) is 1.40. The van der Waals surface area contributed by atoms with Gasteiger partial charge < -0.3 is 5.32 Å². The van der Waals surface area contributed by atoms with Gasteiger partial charge in [-0.05, 0) is 45.3 Å². The summed E-state index contributed by atoms with van der Waals surface area (Å²) >= 11 is 1.50. The van der Waals surface area contributed by atoms with Gasteiger partial charge in [-0.25, -0.2) is 9.97 Å². The van der Waals surface area contributed by atoms with Crippen molar-refractivity contribution in [1.82, 2.24) is 15.3 Å². The minimum atomic E-state index is -0.0269. The Balaban J connectivity index is 2.19. The van der Waals surface area contributed by atoms with Gasteiger partial charge in [0.1, 0.15) is 10.9 Å². The number of aromatic nitrogens is 2. The molecular weight excluding hydrogens is 258 g/mol. The Labute approximate surface area is 118 Å². The second kappa shape index (κ2) is 5.90. The van der Waals surface area contributed by atoms with Crippen LogP contribution >= 0.6 is 11.8 Å². The van der Waals surface area contributed by atoms with Crippen LogP contribution in [0.1, 0.15) is 48.1 Å². The van der Waals surface area contributed by atoms with Crippen LogP contribution in [-0.2, 0) is 0 Å². The van der Waals surface area contributed by atoms with Gasteiger partial charge in [0.25, 0.3) is 5.91 Å². The fourth-order valence-electron chi connectivity index (χ4n) is 2.69. The maximum Gasteiger partial charge on any atom is 0.256 e. The van der Waals surface area contributed by atoms with Crippen LogP contribution in [0, 0.1) is 19.8 Å². The molecule has 0 saturated heterocycles. The lowest BCUT2D eigenvalue weighted by Crippen LogP contribution is -2.34. The lowest BCUT2D eigenvalue weighted by atomic mass is 10.1. The Bertz CT molecular complexity index is 490. The first-order chi connectivity index (χ1) is 9.01. The topological polar surface area (TPSA) is 54.9 Å². The maximum absolute atomic E-state index is 12.4. The molecule has 2 atom stereocenters. The summed E-state index contributed by atoms with van der Waals surface area (Å²) in [6.45, 7) is 5.97. The number of amides is 1. The highest BCUT2D eigenvalue weighted by atomic mass is 32.2. The summed E-state index contributed by atoms with van der Waals surface area (Å²) in [6, 6.07) is 0.304. The summed E-state index contributed by atoms with van der Waals surface area (Å²) in [7, 11) is 0. The molecule has 0 aliphatic heterocycles. The molecule has 104 valence electrons. The molecule has 2 unspecified atom stereocenters. The van der Waals surface area contributed by atoms with Gasteiger partial charge in [0.05, 0.1) is 11.3 Å². The largest absolute Gasteiger partial charge is 0.349 e. The van der Waals surface area contributed by atoms with Gasteiger partial charge in [-0.1, -0.05) is 6.92 Å². The fraction of sp³-hybridized carbons (Fsp3) is 0.643. The number of rotatable bonds is 3. The second-order valence-electron chi connectivity index (χ2n) is 5.33. The number of nitrogens with zero attached hydrogens (tertiary/aromatic N) is 2. The van der Waals surface area contributed by atoms with E-state index in [0.717, 1.165) is 23.6 Å². The van der Waals surface area contributed by atoms with Gasteiger partial charge >= 0.3 is 0 Å². The van der Waals surface area contributed by atoms with E-state index >= 15 is 0 Å². The monoisotopic (exact) mass is 279 g/mol. The van der Waals surface area contributed by atoms with Crippen molar-refractivity contribution in [2.24, 2.45) is 5.92 Å². The molecule has 1 aromatic rings. The summed E-state index contributed by atoms with van der Waals surface area (Å²) in [5.74, 6) is 1.40. The molecule has 1 saturated carbocycles. The Hall–Kier alpha value is -1.10. The number of hydrogen-bond acceptors (Lipinski definition) is 4. The second-order valence-corrected chi connectivity index (χ2v) is 6.12. The number of aryl methyl sites for hydroxylation is 2. The van der Waals surface area contributed by atoms with Crippen LogP contribution in [0.2, 0.25) is 0 Å². The first-order valence-electron chi connectivity index (χ1n) is 6.71. The summed E-state index contributed by atoms with van der Waals surface area (Å²) in [4.78, 5) is 21.1. The Kier molecular flexibility index (Phi) is 4.45. The normalized spacial score (nSPS) is 22.5. The fourth-order valence-corrected chi connectivity index (χ4v) is 3.35. The molecule has 1 amide bonds. The molecule has 0 bridgehead atoms. The van der Waals surface area contributed by atoms with Crippen molar-refractivity contribution in [3.63, 3.8) is 0 Å². The number of carbonyl (C=O) groups excluding carboxylic acids is 1. The summed E-state index contributed by atoms with van der Waals surface area (Å²) in [5, 5.41) is 3.90. The van der Waals surface area contributed by atoms with E-state index in [-0.39, 0.29) is 5.91 Å². The van der Waals surface area contributed by atoms with Crippen molar-refractivity contribution in [1.29, 1.82) is 0 Å². The predicted octanol–water partition coefficient (Wildman–Crippen LogP) is 2.73. The average Bonchev–Trinajstić information content (AvgIpc) is 2.73. The summed E-state index contributed by atoms with van der Waals surface area (Å²) < 4.78 is 0. The van der Waals surface area contributed by atoms with Crippen LogP contribution in [-0.4, -0.2) is 28.2 Å². The first kappa shape index (κ1) is 14.3. The molecule has 0 radical (unpaired) electrons. The van der Waals surface area contributed by atoms with E-state index in [9.17, 15) is 4.79 Å². The van der Waals surface area contributed by atoms with E-state index in [4.69, 9.17) is 0 Å². The lowest BCUT2D eigenvalue weighted by molar-refractivity contribution is 0.0932. The zero-order valence-electron chi connectivity index (χ0n) is 12.0. The minimum absolute atomic E-state index is 0.0269. The van der Waals surface area contributed by atoms with Crippen LogP contribution < -0.4 is 5.32 Å². The number of hydrogen-bond donors (Lipinski definition) is 1. The Morgan fingerprint density at radius 1 is 1.32 bits per heavy atom. The molecule has 1 aromatic heterocycles. The lowest BCUT2D eigenvalue weighted by Gasteiger charge is -2.15. The van der Waals surface area contributed by atoms with Crippen LogP contribution in [0.15, 0.2) is 5.03 Å². The van der Waals surface area contributed by atoms with Crippen molar-refractivity contribution in [2.45, 2.75) is 51.1 Å². The molecule has 4 nitrogen and oxygen atoms in total. The van der Waals surface area contributed by atoms with E-state index in [1.807, 2.05) is 20.1 Å². The van der Waals surface area contributed by atoms with Crippen LogP contribution in [0.3, 0.4) is 0 Å². The third-order valence-corrected chi connectivity index (χ3v) is 4.30. The van der Waals surface area contributed by atoms with Gasteiger partial charge in [-0.15, -0.1) is 11.8 Å². The summed E-state index contributed by atoms with van der Waals surface area (Å²) in [6.07, 6.45) is 5.29. The number of thioether (sulfide) groups is 1. The van der Waals surface area contributed by atoms with Gasteiger partial charge in [0.15, 0.2) is 0 Å². The van der Waals surface area contributed by atoms with Gasteiger partial charge in [0, 0.05) is 6.04 Å². The van der Waals surface area contributed by atoms with Crippen molar-refractivity contribution >= 4 is 17.7 Å². The molecule has 19 heavy (non-hydrogen) atoms. The van der Waals surface area contributed by atoms with Gasteiger partial charge in [0.2, 0.25) is 0 Å². The standard InChI is InChI=1S/C14H21N3OS/c1-8-5-6-11(7-8)17-13(18)12-9(2)15-10(3)16-14(12)19-4/h8,11H,5-7H2,1-4H3,(H,17,18). The molecule has 1 N–H and O–H groups in total. The third-order valence-electron chi connectivity index (χ3n) is 3.62. The molecular formula is C14H21N3OS. The van der Waals surface area contributed by atoms with Crippen LogP contribution in [0.4, 0.5) is 0 Å². The van der Waals surface area contributed by atoms with E-state index < -0.39 is 0 Å². The van der Waals surface area contributed by atoms with Gasteiger partial charge in [-0.3, -0.25) is 4.79 Å². The molecule has 1 aliphatic rings. The molecule has 0 spiro atoms. The highest BCUT2D eigenvalue weighted by Gasteiger charge is 2.25. The molecule has 1 fully saturated rings. The van der Waals surface area contributed by atoms with E-state index in [2.05, 4.69) is 22.2 Å². The van der Waals surface area contributed by atoms with Crippen LogP contribution in [0.5, 0.6) is 0 Å². The van der Waals surface area contributed by atoms with Crippen molar-refractivity contribution in [3.05, 3.63) is 17.1 Å². The highest BCUT2D eigenvalue weighted by molar-refractivity contribution is 7.98. The molecule has 1 heterocycles. The molecule has 2 rings (SSSR count). The molecule has 5 heteroatoms. The molecule has 0 aromatic carbocycles. The maximum atomic E-state index is 12.4. The van der Waals surface area contributed by atoms with Crippen molar-refractivity contribution < 1.29 is 4.79 Å². The number of carbonyl (C=O) groups is 1. The predicted molar refractivity (Wildman–Crippen MR) is 77.6 cm³/mol. The SMILES string of the molecule is CSc1nc(C)nc(C)c1C(=O)NC1CCC(C)C1. The average molecular weight is 279 g/mol. The minimum Gasteiger partial charge on any atom is -0.349 e. The van der Waals surface area contributed by atoms with E-state index in [1.54, 1.807) is 0 Å². The Morgan fingerprint density at radius 2 is 2.05 bits per heavy atom. The number of nitrogens with one attached hydrogen (secondary N) is 1. The smallest absolute Gasteiger partial charge is 0.256 e. The zero-order valence-corrected chi connectivity index (χ0v) is 12.8. The van der Waals surface area contributed by atoms with Crippen molar-refractivity contribution in [2.75, 3.05) is 6.26 Å². The van der Waals surface area contributed by atoms with Gasteiger partial charge in [-0.2, -0.15) is 0 Å². The van der Waals surface area contributed by atoms with E-state index in [1.165, 1.54) is 18.2 Å². The quantitative estimate of drug-likeness (QED) is 0.683. The molecule has 1 aliphatic carbocycles. The Morgan fingerprint density at radius 3 is 2.63 bits per heavy atom. The van der Waals surface area contributed by atoms with E-state index in [0.29, 0.717) is 23.3 Å². The first-order valence-corrected chi connectivity index (χ1v) is 7.93. The van der Waals surface area contributed by atoms with Crippen LogP contribution in [0.25, 0.3) is 0 Å². The zero-order chi connectivity index (χ0) is 14.0. The third kappa shape index (κ3) is 3.26. The highest BCUT2D eigenvalue weighted by Crippen LogP contribution is 2.26. The van der Waals surface area contributed by atoms with Crippen molar-refractivity contribution in [3.8, 4) is 0 Å².